The Kier molecular flexibility index (Phi) is 4.01. The molecule has 0 aliphatic carbocycles. The molecule has 0 spiro atoms. The summed E-state index contributed by atoms with van der Waals surface area (Å²) in [6, 6.07) is 1.99. The Morgan fingerprint density at radius 3 is 2.80 bits per heavy atom. The zero-order valence-electron chi connectivity index (χ0n) is 8.88. The van der Waals surface area contributed by atoms with Gasteiger partial charge in [0.1, 0.15) is 6.07 Å². The molecule has 0 aliphatic rings. The standard InChI is InChI=1S/C10H14N4O/c1-8(15)3-6-14(2)10-9(7-11)12-4-5-13-10/h4-5,8,15H,3,6H2,1-2H3. The van der Waals surface area contributed by atoms with E-state index in [1.54, 1.807) is 13.1 Å². The lowest BCUT2D eigenvalue weighted by Gasteiger charge is -2.18. The lowest BCUT2D eigenvalue weighted by Crippen LogP contribution is -2.23. The second kappa shape index (κ2) is 5.27. The summed E-state index contributed by atoms with van der Waals surface area (Å²) >= 11 is 0. The fourth-order valence-corrected chi connectivity index (χ4v) is 1.18. The van der Waals surface area contributed by atoms with Gasteiger partial charge >= 0.3 is 0 Å². The van der Waals surface area contributed by atoms with Crippen LogP contribution in [0.4, 0.5) is 5.82 Å². The van der Waals surface area contributed by atoms with Crippen LogP contribution in [0.3, 0.4) is 0 Å². The van der Waals surface area contributed by atoms with E-state index in [2.05, 4.69) is 9.97 Å². The fraction of sp³-hybridized carbons (Fsp3) is 0.500. The van der Waals surface area contributed by atoms with Gasteiger partial charge in [0.05, 0.1) is 6.10 Å². The molecule has 15 heavy (non-hydrogen) atoms. The Bertz CT molecular complexity index is 359. The van der Waals surface area contributed by atoms with Gasteiger partial charge in [0.15, 0.2) is 11.5 Å². The van der Waals surface area contributed by atoms with Gasteiger partial charge in [0, 0.05) is 26.0 Å². The van der Waals surface area contributed by atoms with E-state index in [4.69, 9.17) is 10.4 Å². The van der Waals surface area contributed by atoms with Gasteiger partial charge in [-0.15, -0.1) is 0 Å². The molecule has 1 unspecified atom stereocenters. The van der Waals surface area contributed by atoms with Crippen molar-refractivity contribution < 1.29 is 5.11 Å². The van der Waals surface area contributed by atoms with Gasteiger partial charge < -0.3 is 10.0 Å². The van der Waals surface area contributed by atoms with Crippen molar-refractivity contribution in [1.29, 1.82) is 5.26 Å². The van der Waals surface area contributed by atoms with Crippen LogP contribution in [0, 0.1) is 11.3 Å². The van der Waals surface area contributed by atoms with Crippen LogP contribution in [0.25, 0.3) is 0 Å². The summed E-state index contributed by atoms with van der Waals surface area (Å²) < 4.78 is 0. The van der Waals surface area contributed by atoms with Crippen molar-refractivity contribution in [2.45, 2.75) is 19.4 Å². The molecule has 1 rings (SSSR count). The van der Waals surface area contributed by atoms with Crippen LogP contribution < -0.4 is 4.90 Å². The molecule has 0 saturated carbocycles. The quantitative estimate of drug-likeness (QED) is 0.779. The van der Waals surface area contributed by atoms with Gasteiger partial charge in [-0.3, -0.25) is 0 Å². The minimum Gasteiger partial charge on any atom is -0.393 e. The van der Waals surface area contributed by atoms with Crippen LogP contribution in [0.1, 0.15) is 19.0 Å². The molecule has 0 bridgehead atoms. The van der Waals surface area contributed by atoms with Crippen LogP contribution in [-0.4, -0.2) is 34.8 Å². The highest BCUT2D eigenvalue weighted by Crippen LogP contribution is 2.12. The topological polar surface area (TPSA) is 73.0 Å². The second-order valence-corrected chi connectivity index (χ2v) is 3.40. The van der Waals surface area contributed by atoms with Gasteiger partial charge in [0.25, 0.3) is 0 Å². The van der Waals surface area contributed by atoms with Crippen molar-refractivity contribution in [1.82, 2.24) is 9.97 Å². The Hall–Kier alpha value is -1.67. The lowest BCUT2D eigenvalue weighted by molar-refractivity contribution is 0.187. The normalized spacial score (nSPS) is 11.9. The highest BCUT2D eigenvalue weighted by molar-refractivity contribution is 5.48. The zero-order chi connectivity index (χ0) is 11.3. The van der Waals surface area contributed by atoms with Crippen molar-refractivity contribution in [2.75, 3.05) is 18.5 Å². The molecule has 1 N–H and O–H groups in total. The van der Waals surface area contributed by atoms with E-state index < -0.39 is 0 Å². The third kappa shape index (κ3) is 3.18. The summed E-state index contributed by atoms with van der Waals surface area (Å²) in [5, 5.41) is 18.0. The lowest BCUT2D eigenvalue weighted by atomic mass is 10.2. The smallest absolute Gasteiger partial charge is 0.183 e. The van der Waals surface area contributed by atoms with Gasteiger partial charge in [-0.2, -0.15) is 5.26 Å². The molecule has 1 heterocycles. The van der Waals surface area contributed by atoms with E-state index >= 15 is 0 Å². The molecule has 0 fully saturated rings. The van der Waals surface area contributed by atoms with Gasteiger partial charge in [-0.25, -0.2) is 9.97 Å². The molecule has 0 amide bonds. The minimum absolute atomic E-state index is 0.311. The highest BCUT2D eigenvalue weighted by Gasteiger charge is 2.09. The molecule has 5 nitrogen and oxygen atoms in total. The third-order valence-electron chi connectivity index (χ3n) is 2.03. The summed E-state index contributed by atoms with van der Waals surface area (Å²) in [6.07, 6.45) is 3.33. The number of rotatable bonds is 4. The van der Waals surface area contributed by atoms with Gasteiger partial charge in [-0.1, -0.05) is 0 Å². The SMILES string of the molecule is CC(O)CCN(C)c1nccnc1C#N. The Morgan fingerprint density at radius 1 is 1.53 bits per heavy atom. The second-order valence-electron chi connectivity index (χ2n) is 3.40. The number of nitrogens with zero attached hydrogens (tertiary/aromatic N) is 4. The maximum atomic E-state index is 9.15. The van der Waals surface area contributed by atoms with Crippen LogP contribution in [0.5, 0.6) is 0 Å². The largest absolute Gasteiger partial charge is 0.393 e. The van der Waals surface area contributed by atoms with Crippen molar-refractivity contribution in [3.63, 3.8) is 0 Å². The number of aliphatic hydroxyl groups excluding tert-OH is 1. The van der Waals surface area contributed by atoms with E-state index in [-0.39, 0.29) is 6.10 Å². The predicted molar refractivity (Wildman–Crippen MR) is 56.3 cm³/mol. The number of hydrogen-bond acceptors (Lipinski definition) is 5. The first-order valence-electron chi connectivity index (χ1n) is 4.75. The van der Waals surface area contributed by atoms with Crippen molar-refractivity contribution in [2.24, 2.45) is 0 Å². The molecule has 5 heteroatoms. The Labute approximate surface area is 89.0 Å². The minimum atomic E-state index is -0.352. The zero-order valence-corrected chi connectivity index (χ0v) is 8.88. The van der Waals surface area contributed by atoms with Gasteiger partial charge in [0.2, 0.25) is 0 Å². The molecule has 0 radical (unpaired) electrons. The molecule has 1 aromatic rings. The maximum absolute atomic E-state index is 9.15. The molecular weight excluding hydrogens is 192 g/mol. The van der Waals surface area contributed by atoms with E-state index in [0.29, 0.717) is 24.5 Å². The van der Waals surface area contributed by atoms with Crippen LogP contribution in [-0.2, 0) is 0 Å². The van der Waals surface area contributed by atoms with Crippen LogP contribution >= 0.6 is 0 Å². The van der Waals surface area contributed by atoms with Gasteiger partial charge in [-0.05, 0) is 13.3 Å². The van der Waals surface area contributed by atoms with E-state index in [1.165, 1.54) is 6.20 Å². The maximum Gasteiger partial charge on any atom is 0.183 e. The molecular formula is C10H14N4O. The molecule has 0 saturated heterocycles. The molecule has 1 atom stereocenters. The average Bonchev–Trinajstić information content (AvgIpc) is 2.25. The predicted octanol–water partition coefficient (Wildman–Crippen LogP) is 0.555. The average molecular weight is 206 g/mol. The van der Waals surface area contributed by atoms with E-state index in [0.717, 1.165) is 0 Å². The molecule has 0 aromatic carbocycles. The van der Waals surface area contributed by atoms with E-state index in [9.17, 15) is 0 Å². The third-order valence-corrected chi connectivity index (χ3v) is 2.03. The molecule has 80 valence electrons. The van der Waals surface area contributed by atoms with Crippen molar-refractivity contribution in [3.05, 3.63) is 18.1 Å². The summed E-state index contributed by atoms with van der Waals surface area (Å²) in [6.45, 7) is 2.38. The first kappa shape index (κ1) is 11.4. The monoisotopic (exact) mass is 206 g/mol. The summed E-state index contributed by atoms with van der Waals surface area (Å²) in [5.41, 5.74) is 0.311. The first-order valence-corrected chi connectivity index (χ1v) is 4.75. The number of hydrogen-bond donors (Lipinski definition) is 1. The summed E-state index contributed by atoms with van der Waals surface area (Å²) in [7, 11) is 1.83. The van der Waals surface area contributed by atoms with Crippen LogP contribution in [0.15, 0.2) is 12.4 Å². The number of anilines is 1. The molecule has 0 aliphatic heterocycles. The van der Waals surface area contributed by atoms with Crippen LogP contribution in [0.2, 0.25) is 0 Å². The number of aromatic nitrogens is 2. The summed E-state index contributed by atoms with van der Waals surface area (Å²) in [4.78, 5) is 9.82. The Morgan fingerprint density at radius 2 is 2.20 bits per heavy atom. The van der Waals surface area contributed by atoms with Crippen molar-refractivity contribution >= 4 is 5.82 Å². The van der Waals surface area contributed by atoms with Crippen molar-refractivity contribution in [3.8, 4) is 6.07 Å². The number of aliphatic hydroxyl groups is 1. The Balaban J connectivity index is 2.73. The first-order chi connectivity index (χ1) is 7.15. The van der Waals surface area contributed by atoms with E-state index in [1.807, 2.05) is 18.0 Å². The highest BCUT2D eigenvalue weighted by atomic mass is 16.3. The number of nitriles is 1. The fourth-order valence-electron chi connectivity index (χ4n) is 1.18. The summed E-state index contributed by atoms with van der Waals surface area (Å²) in [5.74, 6) is 0.556. The molecule has 1 aromatic heterocycles.